The van der Waals surface area contributed by atoms with Gasteiger partial charge in [0.2, 0.25) is 0 Å². The number of nitriles is 1. The van der Waals surface area contributed by atoms with Crippen LogP contribution < -0.4 is 0 Å². The number of carbonyl (C=O) groups is 2. The minimum Gasteiger partial charge on any atom is -0.449 e. The van der Waals surface area contributed by atoms with Crippen molar-refractivity contribution in [3.63, 3.8) is 0 Å². The zero-order valence-corrected chi connectivity index (χ0v) is 11.0. The number of ether oxygens (including phenoxy) is 1. The van der Waals surface area contributed by atoms with Crippen molar-refractivity contribution in [2.45, 2.75) is 33.7 Å². The normalized spacial score (nSPS) is 23.7. The first-order valence-corrected chi connectivity index (χ1v) is 5.88. The SMILES string of the molecule is CCOC(=O)N1C(=O)N=C(C)C(C#N)C1C(C)C. The van der Waals surface area contributed by atoms with Gasteiger partial charge in [0.1, 0.15) is 5.92 Å². The van der Waals surface area contributed by atoms with E-state index >= 15 is 0 Å². The average molecular weight is 251 g/mol. The first kappa shape index (κ1) is 14.2. The predicted octanol–water partition coefficient (Wildman–Crippen LogP) is 2.20. The van der Waals surface area contributed by atoms with Gasteiger partial charge in [-0.05, 0) is 19.8 Å². The van der Waals surface area contributed by atoms with Crippen LogP contribution in [-0.2, 0) is 4.74 Å². The Morgan fingerprint density at radius 1 is 1.61 bits per heavy atom. The Labute approximate surface area is 106 Å². The van der Waals surface area contributed by atoms with Crippen LogP contribution in [0.5, 0.6) is 0 Å². The summed E-state index contributed by atoms with van der Waals surface area (Å²) in [6.45, 7) is 7.17. The molecule has 0 fully saturated rings. The van der Waals surface area contributed by atoms with Crippen LogP contribution in [0.15, 0.2) is 4.99 Å². The molecule has 0 bridgehead atoms. The van der Waals surface area contributed by atoms with E-state index in [1.165, 1.54) is 0 Å². The average Bonchev–Trinajstić information content (AvgIpc) is 2.27. The Hall–Kier alpha value is -1.90. The van der Waals surface area contributed by atoms with E-state index in [9.17, 15) is 14.9 Å². The number of rotatable bonds is 2. The number of urea groups is 1. The van der Waals surface area contributed by atoms with E-state index in [1.54, 1.807) is 13.8 Å². The lowest BCUT2D eigenvalue weighted by Gasteiger charge is -2.36. The maximum absolute atomic E-state index is 11.8. The third-order valence-electron chi connectivity index (χ3n) is 2.85. The molecule has 0 spiro atoms. The van der Waals surface area contributed by atoms with Crippen LogP contribution in [0.4, 0.5) is 9.59 Å². The largest absolute Gasteiger partial charge is 0.449 e. The summed E-state index contributed by atoms with van der Waals surface area (Å²) in [5.74, 6) is -0.624. The molecule has 2 atom stereocenters. The predicted molar refractivity (Wildman–Crippen MR) is 65.1 cm³/mol. The molecule has 18 heavy (non-hydrogen) atoms. The van der Waals surface area contributed by atoms with Crippen LogP contribution in [0.1, 0.15) is 27.7 Å². The highest BCUT2D eigenvalue weighted by Crippen LogP contribution is 2.26. The minimum atomic E-state index is -0.738. The molecule has 98 valence electrons. The molecule has 1 rings (SSSR count). The van der Waals surface area contributed by atoms with Gasteiger partial charge in [0.25, 0.3) is 0 Å². The molecule has 0 N–H and O–H groups in total. The van der Waals surface area contributed by atoms with Crippen molar-refractivity contribution in [3.8, 4) is 6.07 Å². The molecule has 0 saturated heterocycles. The van der Waals surface area contributed by atoms with E-state index in [2.05, 4.69) is 11.1 Å². The van der Waals surface area contributed by atoms with Gasteiger partial charge in [0.15, 0.2) is 0 Å². The molecular weight excluding hydrogens is 234 g/mol. The van der Waals surface area contributed by atoms with Crippen LogP contribution in [0.2, 0.25) is 0 Å². The molecule has 1 aliphatic rings. The number of imide groups is 1. The molecule has 0 aromatic heterocycles. The van der Waals surface area contributed by atoms with Crippen molar-refractivity contribution < 1.29 is 14.3 Å². The molecule has 6 nitrogen and oxygen atoms in total. The molecule has 2 unspecified atom stereocenters. The van der Waals surface area contributed by atoms with Crippen molar-refractivity contribution in [2.75, 3.05) is 6.61 Å². The number of aliphatic imine (C=N–C) groups is 1. The molecule has 1 aliphatic heterocycles. The second kappa shape index (κ2) is 5.63. The smallest absolute Gasteiger partial charge is 0.418 e. The molecule has 6 heteroatoms. The van der Waals surface area contributed by atoms with Gasteiger partial charge in [-0.2, -0.15) is 5.26 Å². The van der Waals surface area contributed by atoms with Gasteiger partial charge in [0.05, 0.1) is 18.7 Å². The summed E-state index contributed by atoms with van der Waals surface area (Å²) in [4.78, 5) is 28.3. The lowest BCUT2D eigenvalue weighted by Crippen LogP contribution is -2.54. The Kier molecular flexibility index (Phi) is 4.43. The fourth-order valence-corrected chi connectivity index (χ4v) is 2.04. The van der Waals surface area contributed by atoms with Crippen molar-refractivity contribution >= 4 is 17.8 Å². The lowest BCUT2D eigenvalue weighted by molar-refractivity contribution is 0.0885. The summed E-state index contributed by atoms with van der Waals surface area (Å²) in [5, 5.41) is 9.18. The molecule has 0 radical (unpaired) electrons. The molecule has 0 aliphatic carbocycles. The van der Waals surface area contributed by atoms with Gasteiger partial charge in [-0.25, -0.2) is 19.5 Å². The fraction of sp³-hybridized carbons (Fsp3) is 0.667. The number of amides is 3. The monoisotopic (exact) mass is 251 g/mol. The standard InChI is InChI=1S/C12H17N3O3/c1-5-18-12(17)15-10(7(2)3)9(6-13)8(4)14-11(15)16/h7,9-10H,5H2,1-4H3. The number of hydrogen-bond acceptors (Lipinski definition) is 4. The summed E-state index contributed by atoms with van der Waals surface area (Å²) >= 11 is 0. The number of carbonyl (C=O) groups excluding carboxylic acids is 2. The zero-order chi connectivity index (χ0) is 13.9. The molecular formula is C12H17N3O3. The van der Waals surface area contributed by atoms with Gasteiger partial charge in [0, 0.05) is 5.71 Å². The van der Waals surface area contributed by atoms with Crippen LogP contribution >= 0.6 is 0 Å². The van der Waals surface area contributed by atoms with Gasteiger partial charge in [-0.1, -0.05) is 13.8 Å². The maximum atomic E-state index is 11.8. The van der Waals surface area contributed by atoms with Crippen LogP contribution in [0, 0.1) is 23.2 Å². The quantitative estimate of drug-likeness (QED) is 0.753. The van der Waals surface area contributed by atoms with Crippen LogP contribution in [0.3, 0.4) is 0 Å². The highest BCUT2D eigenvalue weighted by molar-refractivity contribution is 6.04. The first-order chi connectivity index (χ1) is 8.43. The number of hydrogen-bond donors (Lipinski definition) is 0. The van der Waals surface area contributed by atoms with E-state index in [4.69, 9.17) is 4.74 Å². The Bertz CT molecular complexity index is 423. The van der Waals surface area contributed by atoms with E-state index < -0.39 is 24.1 Å². The summed E-state index contributed by atoms with van der Waals surface area (Å²) in [5.41, 5.74) is 0.446. The van der Waals surface area contributed by atoms with Crippen molar-refractivity contribution in [1.29, 1.82) is 5.26 Å². The van der Waals surface area contributed by atoms with Gasteiger partial charge < -0.3 is 4.74 Å². The Morgan fingerprint density at radius 3 is 2.67 bits per heavy atom. The second-order valence-electron chi connectivity index (χ2n) is 4.45. The topological polar surface area (TPSA) is 82.8 Å². The van der Waals surface area contributed by atoms with E-state index in [-0.39, 0.29) is 12.5 Å². The molecule has 0 aromatic rings. The van der Waals surface area contributed by atoms with E-state index in [0.717, 1.165) is 4.90 Å². The Balaban J connectivity index is 3.18. The third kappa shape index (κ3) is 2.50. The minimum absolute atomic E-state index is 0.0477. The summed E-state index contributed by atoms with van der Waals surface area (Å²) in [6.07, 6.45) is -0.738. The maximum Gasteiger partial charge on any atom is 0.418 e. The first-order valence-electron chi connectivity index (χ1n) is 5.88. The molecule has 1 heterocycles. The van der Waals surface area contributed by atoms with Gasteiger partial charge in [-0.15, -0.1) is 0 Å². The lowest BCUT2D eigenvalue weighted by atomic mass is 9.86. The summed E-state index contributed by atoms with van der Waals surface area (Å²) < 4.78 is 4.85. The van der Waals surface area contributed by atoms with Crippen molar-refractivity contribution in [2.24, 2.45) is 16.8 Å². The van der Waals surface area contributed by atoms with Gasteiger partial charge >= 0.3 is 12.1 Å². The fourth-order valence-electron chi connectivity index (χ4n) is 2.04. The van der Waals surface area contributed by atoms with Crippen molar-refractivity contribution in [3.05, 3.63) is 0 Å². The van der Waals surface area contributed by atoms with Crippen LogP contribution in [0.25, 0.3) is 0 Å². The Morgan fingerprint density at radius 2 is 2.22 bits per heavy atom. The second-order valence-corrected chi connectivity index (χ2v) is 4.45. The zero-order valence-electron chi connectivity index (χ0n) is 11.0. The summed E-state index contributed by atoms with van der Waals surface area (Å²) in [7, 11) is 0. The molecule has 3 amide bonds. The number of nitrogens with zero attached hydrogens (tertiary/aromatic N) is 3. The summed E-state index contributed by atoms with van der Waals surface area (Å²) in [6, 6.07) is 0.915. The van der Waals surface area contributed by atoms with Crippen molar-refractivity contribution in [1.82, 2.24) is 4.90 Å². The van der Waals surface area contributed by atoms with Gasteiger partial charge in [-0.3, -0.25) is 0 Å². The molecule has 0 aromatic carbocycles. The van der Waals surface area contributed by atoms with Crippen LogP contribution in [-0.4, -0.2) is 35.4 Å². The highest BCUT2D eigenvalue weighted by atomic mass is 16.6. The van der Waals surface area contributed by atoms with E-state index in [0.29, 0.717) is 5.71 Å². The molecule has 0 saturated carbocycles. The third-order valence-corrected chi connectivity index (χ3v) is 2.85. The highest BCUT2D eigenvalue weighted by Gasteiger charge is 2.43. The van der Waals surface area contributed by atoms with E-state index in [1.807, 2.05) is 13.8 Å².